The highest BCUT2D eigenvalue weighted by atomic mass is 16.2. The van der Waals surface area contributed by atoms with Crippen LogP contribution >= 0.6 is 0 Å². The standard InChI is InChI=1S/C14H21N3O/c1-14(2)5-3-8-17(9-6-14)13(18)11-4-7-16-10-12(11)15/h4,7,10H,3,5-6,8-9,15H2,1-2H3. The fourth-order valence-corrected chi connectivity index (χ4v) is 2.40. The summed E-state index contributed by atoms with van der Waals surface area (Å²) in [5, 5.41) is 0. The van der Waals surface area contributed by atoms with Crippen LogP contribution in [0.1, 0.15) is 43.5 Å². The molecule has 1 aromatic rings. The van der Waals surface area contributed by atoms with Gasteiger partial charge in [0.05, 0.1) is 17.4 Å². The van der Waals surface area contributed by atoms with E-state index in [2.05, 4.69) is 18.8 Å². The summed E-state index contributed by atoms with van der Waals surface area (Å²) in [6.07, 6.45) is 6.43. The van der Waals surface area contributed by atoms with Crippen LogP contribution in [0.15, 0.2) is 18.5 Å². The number of anilines is 1. The first-order chi connectivity index (χ1) is 8.49. The second-order valence-corrected chi connectivity index (χ2v) is 5.77. The average Bonchev–Trinajstić information content (AvgIpc) is 2.50. The zero-order chi connectivity index (χ0) is 13.2. The summed E-state index contributed by atoms with van der Waals surface area (Å²) in [6.45, 7) is 6.17. The van der Waals surface area contributed by atoms with Gasteiger partial charge in [-0.2, -0.15) is 0 Å². The van der Waals surface area contributed by atoms with Crippen molar-refractivity contribution in [1.29, 1.82) is 0 Å². The van der Waals surface area contributed by atoms with E-state index in [1.165, 1.54) is 12.6 Å². The lowest BCUT2D eigenvalue weighted by Crippen LogP contribution is -2.32. The van der Waals surface area contributed by atoms with Crippen molar-refractivity contribution < 1.29 is 4.79 Å². The Morgan fingerprint density at radius 2 is 2.17 bits per heavy atom. The molecule has 0 atom stereocenters. The van der Waals surface area contributed by atoms with Gasteiger partial charge in [0.1, 0.15) is 0 Å². The highest BCUT2D eigenvalue weighted by Crippen LogP contribution is 2.30. The van der Waals surface area contributed by atoms with Crippen LogP contribution in [-0.2, 0) is 0 Å². The minimum absolute atomic E-state index is 0.0348. The van der Waals surface area contributed by atoms with Gasteiger partial charge in [-0.1, -0.05) is 13.8 Å². The number of hydrogen-bond donors (Lipinski definition) is 1. The number of amides is 1. The maximum Gasteiger partial charge on any atom is 0.256 e. The number of pyridine rings is 1. The minimum Gasteiger partial charge on any atom is -0.397 e. The number of hydrogen-bond acceptors (Lipinski definition) is 3. The second kappa shape index (κ2) is 4.96. The summed E-state index contributed by atoms with van der Waals surface area (Å²) < 4.78 is 0. The van der Waals surface area contributed by atoms with E-state index in [-0.39, 0.29) is 5.91 Å². The average molecular weight is 247 g/mol. The third-order valence-corrected chi connectivity index (χ3v) is 3.71. The van der Waals surface area contributed by atoms with E-state index in [9.17, 15) is 4.79 Å². The molecule has 4 nitrogen and oxygen atoms in total. The van der Waals surface area contributed by atoms with Crippen LogP contribution in [0.5, 0.6) is 0 Å². The molecule has 0 spiro atoms. The van der Waals surface area contributed by atoms with Crippen LogP contribution in [-0.4, -0.2) is 28.9 Å². The molecule has 1 aromatic heterocycles. The van der Waals surface area contributed by atoms with E-state index < -0.39 is 0 Å². The van der Waals surface area contributed by atoms with Gasteiger partial charge in [0, 0.05) is 19.3 Å². The zero-order valence-electron chi connectivity index (χ0n) is 11.1. The van der Waals surface area contributed by atoms with Gasteiger partial charge >= 0.3 is 0 Å². The van der Waals surface area contributed by atoms with Gasteiger partial charge in [-0.15, -0.1) is 0 Å². The molecule has 1 aliphatic heterocycles. The molecular weight excluding hydrogens is 226 g/mol. The largest absolute Gasteiger partial charge is 0.397 e. The van der Waals surface area contributed by atoms with Crippen molar-refractivity contribution in [2.45, 2.75) is 33.1 Å². The Kier molecular flexibility index (Phi) is 3.55. The Balaban J connectivity index is 2.13. The summed E-state index contributed by atoms with van der Waals surface area (Å²) in [4.78, 5) is 18.2. The molecule has 0 aliphatic carbocycles. The lowest BCUT2D eigenvalue weighted by atomic mass is 9.85. The predicted octanol–water partition coefficient (Wildman–Crippen LogP) is 2.32. The molecule has 2 rings (SSSR count). The second-order valence-electron chi connectivity index (χ2n) is 5.77. The normalized spacial score (nSPS) is 19.3. The van der Waals surface area contributed by atoms with Crippen molar-refractivity contribution in [3.05, 3.63) is 24.0 Å². The third kappa shape index (κ3) is 2.81. The molecule has 2 heterocycles. The molecule has 18 heavy (non-hydrogen) atoms. The number of carbonyl (C=O) groups is 1. The lowest BCUT2D eigenvalue weighted by molar-refractivity contribution is 0.0758. The van der Waals surface area contributed by atoms with Gasteiger partial charge in [-0.25, -0.2) is 0 Å². The fourth-order valence-electron chi connectivity index (χ4n) is 2.40. The summed E-state index contributed by atoms with van der Waals surface area (Å²) >= 11 is 0. The molecule has 1 amide bonds. The molecule has 0 saturated carbocycles. The van der Waals surface area contributed by atoms with Crippen LogP contribution in [0, 0.1) is 5.41 Å². The van der Waals surface area contributed by atoms with Crippen molar-refractivity contribution in [2.24, 2.45) is 5.41 Å². The van der Waals surface area contributed by atoms with E-state index >= 15 is 0 Å². The van der Waals surface area contributed by atoms with Gasteiger partial charge in [0.2, 0.25) is 0 Å². The number of nitrogen functional groups attached to an aromatic ring is 1. The maximum atomic E-state index is 12.4. The fraction of sp³-hybridized carbons (Fsp3) is 0.571. The highest BCUT2D eigenvalue weighted by molar-refractivity contribution is 5.98. The number of nitrogens with two attached hydrogens (primary N) is 1. The van der Waals surface area contributed by atoms with Crippen molar-refractivity contribution in [2.75, 3.05) is 18.8 Å². The van der Waals surface area contributed by atoms with E-state index in [4.69, 9.17) is 5.73 Å². The van der Waals surface area contributed by atoms with Crippen LogP contribution in [0.4, 0.5) is 5.69 Å². The van der Waals surface area contributed by atoms with Gasteiger partial charge in [0.15, 0.2) is 0 Å². The third-order valence-electron chi connectivity index (χ3n) is 3.71. The molecule has 4 heteroatoms. The van der Waals surface area contributed by atoms with Crippen molar-refractivity contribution in [1.82, 2.24) is 9.88 Å². The Morgan fingerprint density at radius 1 is 1.39 bits per heavy atom. The SMILES string of the molecule is CC1(C)CCCN(C(=O)c2ccncc2N)CC1. The number of carbonyl (C=O) groups excluding carboxylic acids is 1. The first-order valence-electron chi connectivity index (χ1n) is 6.48. The minimum atomic E-state index is 0.0348. The Labute approximate surface area is 108 Å². The Bertz CT molecular complexity index is 442. The zero-order valence-corrected chi connectivity index (χ0v) is 11.1. The molecule has 2 N–H and O–H groups in total. The summed E-state index contributed by atoms with van der Waals surface area (Å²) in [6, 6.07) is 1.70. The number of aromatic nitrogens is 1. The van der Waals surface area contributed by atoms with E-state index in [0.29, 0.717) is 16.7 Å². The van der Waals surface area contributed by atoms with E-state index in [1.807, 2.05) is 4.90 Å². The summed E-state index contributed by atoms with van der Waals surface area (Å²) in [5.41, 5.74) is 7.18. The van der Waals surface area contributed by atoms with Crippen LogP contribution in [0.3, 0.4) is 0 Å². The highest BCUT2D eigenvalue weighted by Gasteiger charge is 2.26. The summed E-state index contributed by atoms with van der Waals surface area (Å²) in [5.74, 6) is 0.0348. The molecule has 1 aliphatic rings. The lowest BCUT2D eigenvalue weighted by Gasteiger charge is -2.23. The summed E-state index contributed by atoms with van der Waals surface area (Å²) in [7, 11) is 0. The number of rotatable bonds is 1. The smallest absolute Gasteiger partial charge is 0.256 e. The number of likely N-dealkylation sites (tertiary alicyclic amines) is 1. The molecule has 1 fully saturated rings. The monoisotopic (exact) mass is 247 g/mol. The first kappa shape index (κ1) is 12.9. The molecule has 1 saturated heterocycles. The topological polar surface area (TPSA) is 59.2 Å². The molecule has 0 bridgehead atoms. The molecular formula is C14H21N3O. The Hall–Kier alpha value is -1.58. The van der Waals surface area contributed by atoms with E-state index in [0.717, 1.165) is 25.9 Å². The maximum absolute atomic E-state index is 12.4. The van der Waals surface area contributed by atoms with Gasteiger partial charge in [0.25, 0.3) is 5.91 Å². The van der Waals surface area contributed by atoms with Gasteiger partial charge < -0.3 is 10.6 Å². The molecule has 0 radical (unpaired) electrons. The molecule has 0 aromatic carbocycles. The van der Waals surface area contributed by atoms with Crippen LogP contribution < -0.4 is 5.73 Å². The van der Waals surface area contributed by atoms with E-state index in [1.54, 1.807) is 12.3 Å². The van der Waals surface area contributed by atoms with Crippen molar-refractivity contribution >= 4 is 11.6 Å². The Morgan fingerprint density at radius 3 is 2.89 bits per heavy atom. The van der Waals surface area contributed by atoms with Crippen LogP contribution in [0.2, 0.25) is 0 Å². The first-order valence-corrected chi connectivity index (χ1v) is 6.48. The molecule has 98 valence electrons. The van der Waals surface area contributed by atoms with Crippen molar-refractivity contribution in [3.63, 3.8) is 0 Å². The van der Waals surface area contributed by atoms with Crippen LogP contribution in [0.25, 0.3) is 0 Å². The van der Waals surface area contributed by atoms with Gasteiger partial charge in [-0.05, 0) is 30.7 Å². The quantitative estimate of drug-likeness (QED) is 0.828. The number of nitrogens with zero attached hydrogens (tertiary/aromatic N) is 2. The molecule has 0 unspecified atom stereocenters. The van der Waals surface area contributed by atoms with Crippen molar-refractivity contribution in [3.8, 4) is 0 Å². The van der Waals surface area contributed by atoms with Gasteiger partial charge in [-0.3, -0.25) is 9.78 Å². The predicted molar refractivity (Wildman–Crippen MR) is 72.2 cm³/mol.